The minimum atomic E-state index is -1.14. The number of anilines is 1. The van der Waals surface area contributed by atoms with Crippen LogP contribution in [0.2, 0.25) is 0 Å². The number of carbonyl (C=O) groups is 2. The zero-order valence-corrected chi connectivity index (χ0v) is 11.5. The van der Waals surface area contributed by atoms with Gasteiger partial charge in [0.15, 0.2) is 0 Å². The summed E-state index contributed by atoms with van der Waals surface area (Å²) in [5.74, 6) is -1.73. The number of hydrogen-bond donors (Lipinski definition) is 3. The van der Waals surface area contributed by atoms with Crippen LogP contribution < -0.4 is 5.32 Å². The summed E-state index contributed by atoms with van der Waals surface area (Å²) in [6.07, 6.45) is 0.858. The lowest BCUT2D eigenvalue weighted by Gasteiger charge is -2.06. The average molecular weight is 291 g/mol. The Bertz CT molecular complexity index is 663. The van der Waals surface area contributed by atoms with Gasteiger partial charge in [-0.05, 0) is 36.8 Å². The molecule has 0 bridgehead atoms. The fourth-order valence-corrected chi connectivity index (χ4v) is 2.49. The molecule has 0 aliphatic rings. The van der Waals surface area contributed by atoms with Crippen LogP contribution in [-0.2, 0) is 6.42 Å². The van der Waals surface area contributed by atoms with Crippen LogP contribution in [0.15, 0.2) is 30.3 Å². The highest BCUT2D eigenvalue weighted by molar-refractivity contribution is 7.14. The van der Waals surface area contributed by atoms with Crippen molar-refractivity contribution in [1.82, 2.24) is 0 Å². The number of carboxylic acid groups (broad SMARTS) is 1. The highest BCUT2D eigenvalue weighted by Crippen LogP contribution is 2.26. The first-order valence-corrected chi connectivity index (χ1v) is 6.79. The summed E-state index contributed by atoms with van der Waals surface area (Å²) in [5, 5.41) is 21.1. The van der Waals surface area contributed by atoms with E-state index in [1.165, 1.54) is 23.5 Å². The molecule has 20 heavy (non-hydrogen) atoms. The summed E-state index contributed by atoms with van der Waals surface area (Å²) in [4.78, 5) is 24.4. The largest absolute Gasteiger partial charge is 0.506 e. The highest BCUT2D eigenvalue weighted by atomic mass is 32.1. The summed E-state index contributed by atoms with van der Waals surface area (Å²) in [6.45, 7) is 2.00. The molecule has 0 unspecified atom stereocenters. The quantitative estimate of drug-likeness (QED) is 0.756. The number of nitrogens with one attached hydrogen (secondary N) is 1. The fourth-order valence-electron chi connectivity index (χ4n) is 1.64. The third-order valence-corrected chi connectivity index (χ3v) is 3.96. The Hall–Kier alpha value is -2.34. The zero-order chi connectivity index (χ0) is 14.7. The van der Waals surface area contributed by atoms with Gasteiger partial charge in [0.2, 0.25) is 0 Å². The molecule has 0 spiro atoms. The number of benzene rings is 1. The van der Waals surface area contributed by atoms with E-state index in [1.54, 1.807) is 6.07 Å². The fraction of sp³-hybridized carbons (Fsp3) is 0.143. The van der Waals surface area contributed by atoms with Crippen molar-refractivity contribution < 1.29 is 19.8 Å². The molecular formula is C14H13NO4S. The van der Waals surface area contributed by atoms with Gasteiger partial charge < -0.3 is 15.5 Å². The number of aromatic carboxylic acids is 1. The van der Waals surface area contributed by atoms with Crippen LogP contribution >= 0.6 is 11.3 Å². The van der Waals surface area contributed by atoms with Crippen LogP contribution in [0.1, 0.15) is 31.8 Å². The van der Waals surface area contributed by atoms with E-state index in [0.717, 1.165) is 17.4 Å². The predicted molar refractivity (Wildman–Crippen MR) is 76.7 cm³/mol. The number of thiophene rings is 1. The highest BCUT2D eigenvalue weighted by Gasteiger charge is 2.13. The molecule has 0 atom stereocenters. The second kappa shape index (κ2) is 5.75. The van der Waals surface area contributed by atoms with E-state index < -0.39 is 5.97 Å². The lowest BCUT2D eigenvalue weighted by Crippen LogP contribution is -2.10. The third-order valence-electron chi connectivity index (χ3n) is 2.73. The van der Waals surface area contributed by atoms with Crippen molar-refractivity contribution in [2.75, 3.05) is 5.32 Å². The first-order valence-electron chi connectivity index (χ1n) is 5.97. The smallest absolute Gasteiger partial charge is 0.335 e. The van der Waals surface area contributed by atoms with Crippen molar-refractivity contribution in [3.63, 3.8) is 0 Å². The molecule has 0 saturated carbocycles. The Morgan fingerprint density at radius 2 is 2.00 bits per heavy atom. The van der Waals surface area contributed by atoms with E-state index in [-0.39, 0.29) is 22.9 Å². The maximum absolute atomic E-state index is 12.0. The Kier molecular flexibility index (Phi) is 4.05. The maximum Gasteiger partial charge on any atom is 0.335 e. The SMILES string of the molecule is CCc1ccc(C(=O)Nc2ccc(C(=O)O)cc2O)s1. The van der Waals surface area contributed by atoms with Gasteiger partial charge in [0.25, 0.3) is 5.91 Å². The van der Waals surface area contributed by atoms with Crippen LogP contribution in [0.5, 0.6) is 5.75 Å². The van der Waals surface area contributed by atoms with Gasteiger partial charge in [-0.2, -0.15) is 0 Å². The Morgan fingerprint density at radius 1 is 1.25 bits per heavy atom. The van der Waals surface area contributed by atoms with E-state index >= 15 is 0 Å². The number of rotatable bonds is 4. The van der Waals surface area contributed by atoms with E-state index in [0.29, 0.717) is 4.88 Å². The van der Waals surface area contributed by atoms with Gasteiger partial charge in [-0.25, -0.2) is 4.79 Å². The third kappa shape index (κ3) is 2.97. The van der Waals surface area contributed by atoms with Crippen LogP contribution in [0.25, 0.3) is 0 Å². The predicted octanol–water partition coefficient (Wildman–Crippen LogP) is 2.97. The van der Waals surface area contributed by atoms with Crippen LogP contribution in [0.4, 0.5) is 5.69 Å². The molecule has 2 rings (SSSR count). The van der Waals surface area contributed by atoms with Crippen LogP contribution in [-0.4, -0.2) is 22.1 Å². The molecule has 5 nitrogen and oxygen atoms in total. The number of amides is 1. The van der Waals surface area contributed by atoms with Gasteiger partial charge in [0.05, 0.1) is 16.1 Å². The molecule has 1 aromatic carbocycles. The summed E-state index contributed by atoms with van der Waals surface area (Å²) in [7, 11) is 0. The first kappa shape index (κ1) is 14.1. The Labute approximate surface area is 119 Å². The number of hydrogen-bond acceptors (Lipinski definition) is 4. The molecular weight excluding hydrogens is 278 g/mol. The van der Waals surface area contributed by atoms with E-state index in [4.69, 9.17) is 5.11 Å². The van der Waals surface area contributed by atoms with Gasteiger partial charge in [-0.1, -0.05) is 6.92 Å². The van der Waals surface area contributed by atoms with E-state index in [2.05, 4.69) is 5.32 Å². The normalized spacial score (nSPS) is 10.2. The lowest BCUT2D eigenvalue weighted by molar-refractivity contribution is 0.0696. The number of aromatic hydroxyl groups is 1. The van der Waals surface area contributed by atoms with Crippen molar-refractivity contribution in [2.45, 2.75) is 13.3 Å². The van der Waals surface area contributed by atoms with Gasteiger partial charge >= 0.3 is 5.97 Å². The number of carboxylic acids is 1. The molecule has 3 N–H and O–H groups in total. The monoisotopic (exact) mass is 291 g/mol. The molecule has 0 fully saturated rings. The molecule has 1 aromatic heterocycles. The van der Waals surface area contributed by atoms with Crippen molar-refractivity contribution in [2.24, 2.45) is 0 Å². The van der Waals surface area contributed by atoms with Gasteiger partial charge in [0, 0.05) is 4.88 Å². The number of aryl methyl sites for hydroxylation is 1. The molecule has 0 saturated heterocycles. The second-order valence-corrected chi connectivity index (χ2v) is 5.28. The Balaban J connectivity index is 2.17. The number of phenolic OH excluding ortho intramolecular Hbond substituents is 1. The summed E-state index contributed by atoms with van der Waals surface area (Å²) >= 11 is 1.39. The summed E-state index contributed by atoms with van der Waals surface area (Å²) in [6, 6.07) is 7.40. The minimum Gasteiger partial charge on any atom is -0.506 e. The van der Waals surface area contributed by atoms with E-state index in [1.807, 2.05) is 13.0 Å². The zero-order valence-electron chi connectivity index (χ0n) is 10.7. The standard InChI is InChI=1S/C14H13NO4S/c1-2-9-4-6-12(20-9)13(17)15-10-5-3-8(14(18)19)7-11(10)16/h3-7,16H,2H2,1H3,(H,15,17)(H,18,19). The van der Waals surface area contributed by atoms with Gasteiger partial charge in [-0.3, -0.25) is 4.79 Å². The van der Waals surface area contributed by atoms with Crippen molar-refractivity contribution >= 4 is 28.9 Å². The van der Waals surface area contributed by atoms with Crippen molar-refractivity contribution in [3.8, 4) is 5.75 Å². The number of phenols is 1. The number of carbonyl (C=O) groups excluding carboxylic acids is 1. The molecule has 0 aliphatic heterocycles. The van der Waals surface area contributed by atoms with Gasteiger partial charge in [-0.15, -0.1) is 11.3 Å². The van der Waals surface area contributed by atoms with Crippen molar-refractivity contribution in [3.05, 3.63) is 45.6 Å². The molecule has 6 heteroatoms. The van der Waals surface area contributed by atoms with Crippen LogP contribution in [0, 0.1) is 0 Å². The molecule has 1 amide bonds. The molecule has 0 aliphatic carbocycles. The minimum absolute atomic E-state index is 0.0371. The first-order chi connectivity index (χ1) is 9.51. The van der Waals surface area contributed by atoms with E-state index in [9.17, 15) is 14.7 Å². The summed E-state index contributed by atoms with van der Waals surface area (Å²) in [5.41, 5.74) is 0.149. The lowest BCUT2D eigenvalue weighted by atomic mass is 10.2. The second-order valence-electron chi connectivity index (χ2n) is 4.11. The summed E-state index contributed by atoms with van der Waals surface area (Å²) < 4.78 is 0. The van der Waals surface area contributed by atoms with Gasteiger partial charge in [0.1, 0.15) is 5.75 Å². The molecule has 1 heterocycles. The van der Waals surface area contributed by atoms with Crippen molar-refractivity contribution in [1.29, 1.82) is 0 Å². The average Bonchev–Trinajstić information content (AvgIpc) is 2.89. The molecule has 0 radical (unpaired) electrons. The maximum atomic E-state index is 12.0. The molecule has 2 aromatic rings. The molecule has 104 valence electrons. The topological polar surface area (TPSA) is 86.6 Å². The Morgan fingerprint density at radius 3 is 2.55 bits per heavy atom. The van der Waals surface area contributed by atoms with Crippen LogP contribution in [0.3, 0.4) is 0 Å².